The van der Waals surface area contributed by atoms with Crippen LogP contribution < -0.4 is 0 Å². The van der Waals surface area contributed by atoms with E-state index >= 15 is 0 Å². The molecule has 3 rings (SSSR count). The molecule has 9 heteroatoms. The Bertz CT molecular complexity index is 676. The van der Waals surface area contributed by atoms with Gasteiger partial charge >= 0.3 is 17.8 Å². The van der Waals surface area contributed by atoms with Crippen molar-refractivity contribution >= 4 is 11.6 Å². The molecule has 1 heterocycles. The summed E-state index contributed by atoms with van der Waals surface area (Å²) in [5.41, 5.74) is -0.670. The van der Waals surface area contributed by atoms with E-state index in [9.17, 15) is 33.2 Å². The Hall–Kier alpha value is -2.32. The number of nitro benzene ring substituents is 1. The first-order chi connectivity index (χ1) is 10.1. The van der Waals surface area contributed by atoms with Gasteiger partial charge < -0.3 is 10.0 Å². The molecule has 22 heavy (non-hydrogen) atoms. The topological polar surface area (TPSA) is 83.7 Å². The molecule has 6 nitrogen and oxygen atoms in total. The van der Waals surface area contributed by atoms with Crippen molar-refractivity contribution in [1.29, 1.82) is 0 Å². The van der Waals surface area contributed by atoms with Crippen molar-refractivity contribution in [2.24, 2.45) is 5.92 Å². The first-order valence-electron chi connectivity index (χ1n) is 6.49. The highest BCUT2D eigenvalue weighted by atomic mass is 19.4. The molecule has 118 valence electrons. The Morgan fingerprint density at radius 1 is 1.45 bits per heavy atom. The Kier molecular flexibility index (Phi) is 2.88. The van der Waals surface area contributed by atoms with Crippen LogP contribution in [0.3, 0.4) is 0 Å². The van der Waals surface area contributed by atoms with Gasteiger partial charge in [-0.3, -0.25) is 14.9 Å². The second-order valence-electron chi connectivity index (χ2n) is 5.70. The lowest BCUT2D eigenvalue weighted by Gasteiger charge is -2.22. The van der Waals surface area contributed by atoms with Crippen LogP contribution >= 0.6 is 0 Å². The number of aromatic hydroxyl groups is 1. The number of amides is 1. The van der Waals surface area contributed by atoms with E-state index in [-0.39, 0.29) is 19.0 Å². The van der Waals surface area contributed by atoms with E-state index in [1.54, 1.807) is 0 Å². The van der Waals surface area contributed by atoms with Gasteiger partial charge in [0.15, 0.2) is 5.75 Å². The molecule has 0 spiro atoms. The molecule has 1 saturated heterocycles. The summed E-state index contributed by atoms with van der Waals surface area (Å²) in [6, 6.07) is 3.80. The molecule has 1 aliphatic carbocycles. The van der Waals surface area contributed by atoms with Gasteiger partial charge in [-0.1, -0.05) is 6.07 Å². The number of nitrogens with zero attached hydrogens (tertiary/aromatic N) is 2. The van der Waals surface area contributed by atoms with Crippen molar-refractivity contribution in [2.45, 2.75) is 18.0 Å². The second kappa shape index (κ2) is 4.34. The third-order valence-corrected chi connectivity index (χ3v) is 4.42. The number of nitro groups is 1. The Balaban J connectivity index is 1.87. The van der Waals surface area contributed by atoms with Gasteiger partial charge in [-0.15, -0.1) is 0 Å². The van der Waals surface area contributed by atoms with Gasteiger partial charge in [0.25, 0.3) is 0 Å². The van der Waals surface area contributed by atoms with Gasteiger partial charge in [0.2, 0.25) is 0 Å². The number of alkyl halides is 3. The number of rotatable bonds is 2. The molecule has 1 aromatic carbocycles. The number of hydrogen-bond donors (Lipinski definition) is 1. The van der Waals surface area contributed by atoms with Crippen LogP contribution in [-0.4, -0.2) is 40.1 Å². The highest BCUT2D eigenvalue weighted by molar-refractivity contribution is 5.82. The maximum absolute atomic E-state index is 12.5. The Labute approximate surface area is 122 Å². The van der Waals surface area contributed by atoms with Crippen LogP contribution in [0, 0.1) is 16.0 Å². The molecular weight excluding hydrogens is 305 g/mol. The molecule has 0 aromatic heterocycles. The normalized spacial score (nSPS) is 26.7. The lowest BCUT2D eigenvalue weighted by molar-refractivity contribution is -0.385. The molecule has 0 unspecified atom stereocenters. The monoisotopic (exact) mass is 316 g/mol. The van der Waals surface area contributed by atoms with E-state index in [4.69, 9.17) is 0 Å². The average molecular weight is 316 g/mol. The number of phenols is 1. The summed E-state index contributed by atoms with van der Waals surface area (Å²) in [6.45, 7) is -0.120. The second-order valence-corrected chi connectivity index (χ2v) is 5.70. The van der Waals surface area contributed by atoms with Crippen molar-refractivity contribution in [3.05, 3.63) is 33.9 Å². The van der Waals surface area contributed by atoms with Crippen LogP contribution in [0.15, 0.2) is 18.2 Å². The minimum absolute atomic E-state index is 0.00693. The number of hydrogen-bond acceptors (Lipinski definition) is 4. The quantitative estimate of drug-likeness (QED) is 0.668. The Morgan fingerprint density at radius 3 is 2.73 bits per heavy atom. The highest BCUT2D eigenvalue weighted by Crippen LogP contribution is 2.60. The number of likely N-dealkylation sites (tertiary alicyclic amines) is 1. The molecule has 1 aromatic rings. The standard InChI is InChI=1S/C13H11F3N2O4/c14-13(15,16)11(20)17-5-8-4-12(8,6-17)7-1-2-10(19)9(3-7)18(21)22/h1-3,8,19H,4-6H2/t8-,12+/m0/s1. The molecule has 2 fully saturated rings. The zero-order valence-electron chi connectivity index (χ0n) is 11.1. The van der Waals surface area contributed by atoms with Crippen molar-refractivity contribution in [2.75, 3.05) is 13.1 Å². The first kappa shape index (κ1) is 14.6. The van der Waals surface area contributed by atoms with Crippen LogP contribution in [0.4, 0.5) is 18.9 Å². The molecule has 0 bridgehead atoms. The van der Waals surface area contributed by atoms with E-state index in [0.29, 0.717) is 12.0 Å². The maximum atomic E-state index is 12.5. The third kappa shape index (κ3) is 2.08. The van der Waals surface area contributed by atoms with Crippen LogP contribution in [0.25, 0.3) is 0 Å². The number of carbonyl (C=O) groups excluding carboxylic acids is 1. The predicted molar refractivity (Wildman–Crippen MR) is 67.2 cm³/mol. The molecule has 2 atom stereocenters. The molecule has 2 aliphatic rings. The van der Waals surface area contributed by atoms with E-state index in [2.05, 4.69) is 0 Å². The SMILES string of the molecule is O=C(N1C[C@@H]2C[C@]2(c2ccc(O)c([N+](=O)[O-])c2)C1)C(F)(F)F. The van der Waals surface area contributed by atoms with Crippen LogP contribution in [-0.2, 0) is 10.2 Å². The molecule has 1 amide bonds. The highest BCUT2D eigenvalue weighted by Gasteiger charge is 2.63. The van der Waals surface area contributed by atoms with Gasteiger partial charge in [0, 0.05) is 24.6 Å². The van der Waals surface area contributed by atoms with Crippen LogP contribution in [0.5, 0.6) is 5.75 Å². The number of halogens is 3. The lowest BCUT2D eigenvalue weighted by Crippen LogP contribution is -2.41. The van der Waals surface area contributed by atoms with E-state index in [1.807, 2.05) is 0 Å². The molecule has 1 aliphatic heterocycles. The fourth-order valence-corrected chi connectivity index (χ4v) is 3.24. The number of piperidine rings is 1. The molecule has 1 N–H and O–H groups in total. The predicted octanol–water partition coefficient (Wildman–Crippen LogP) is 1.96. The first-order valence-corrected chi connectivity index (χ1v) is 6.49. The minimum Gasteiger partial charge on any atom is -0.502 e. The summed E-state index contributed by atoms with van der Waals surface area (Å²) in [5, 5.41) is 20.3. The zero-order valence-corrected chi connectivity index (χ0v) is 11.1. The van der Waals surface area contributed by atoms with Crippen molar-refractivity contribution in [3.8, 4) is 5.75 Å². The summed E-state index contributed by atoms with van der Waals surface area (Å²) in [5.74, 6) is -2.51. The van der Waals surface area contributed by atoms with Gasteiger partial charge in [0.05, 0.1) is 4.92 Å². The Morgan fingerprint density at radius 2 is 2.14 bits per heavy atom. The number of carbonyl (C=O) groups is 1. The maximum Gasteiger partial charge on any atom is 0.471 e. The third-order valence-electron chi connectivity index (χ3n) is 4.42. The van der Waals surface area contributed by atoms with E-state index in [1.165, 1.54) is 12.1 Å². The van der Waals surface area contributed by atoms with E-state index in [0.717, 1.165) is 11.0 Å². The largest absolute Gasteiger partial charge is 0.502 e. The van der Waals surface area contributed by atoms with E-state index < -0.39 is 33.9 Å². The summed E-state index contributed by atoms with van der Waals surface area (Å²) in [7, 11) is 0. The van der Waals surface area contributed by atoms with Gasteiger partial charge in [-0.25, -0.2) is 0 Å². The zero-order chi connectivity index (χ0) is 16.3. The lowest BCUT2D eigenvalue weighted by atomic mass is 9.94. The average Bonchev–Trinajstić information content (AvgIpc) is 2.99. The van der Waals surface area contributed by atoms with Crippen molar-refractivity contribution in [3.63, 3.8) is 0 Å². The summed E-state index contributed by atoms with van der Waals surface area (Å²) >= 11 is 0. The molecule has 1 saturated carbocycles. The number of benzene rings is 1. The summed E-state index contributed by atoms with van der Waals surface area (Å²) < 4.78 is 37.4. The number of phenolic OH excluding ortho intramolecular Hbond substituents is 1. The number of fused-ring (bicyclic) bond motifs is 1. The van der Waals surface area contributed by atoms with Crippen LogP contribution in [0.2, 0.25) is 0 Å². The fraction of sp³-hybridized carbons (Fsp3) is 0.462. The van der Waals surface area contributed by atoms with Crippen molar-refractivity contribution < 1.29 is 28.0 Å². The van der Waals surface area contributed by atoms with Crippen molar-refractivity contribution in [1.82, 2.24) is 4.90 Å². The van der Waals surface area contributed by atoms with Gasteiger partial charge in [0.1, 0.15) is 0 Å². The van der Waals surface area contributed by atoms with Crippen LogP contribution in [0.1, 0.15) is 12.0 Å². The molecular formula is C13H11F3N2O4. The van der Waals surface area contributed by atoms with Gasteiger partial charge in [-0.2, -0.15) is 13.2 Å². The summed E-state index contributed by atoms with van der Waals surface area (Å²) in [6.07, 6.45) is -4.34. The summed E-state index contributed by atoms with van der Waals surface area (Å²) in [4.78, 5) is 22.1. The molecule has 0 radical (unpaired) electrons. The smallest absolute Gasteiger partial charge is 0.471 e. The van der Waals surface area contributed by atoms with Gasteiger partial charge in [-0.05, 0) is 24.0 Å². The minimum atomic E-state index is -4.92. The fourth-order valence-electron chi connectivity index (χ4n) is 3.24.